The number of hydrogen-bond acceptors (Lipinski definition) is 7. The second-order valence-electron chi connectivity index (χ2n) is 6.84. The van der Waals surface area contributed by atoms with Crippen LogP contribution in [0.4, 0.5) is 5.69 Å². The maximum absolute atomic E-state index is 12.7. The lowest BCUT2D eigenvalue weighted by Gasteiger charge is -2.11. The van der Waals surface area contributed by atoms with Crippen LogP contribution in [0.3, 0.4) is 0 Å². The van der Waals surface area contributed by atoms with Crippen LogP contribution < -0.4 is 4.74 Å². The topological polar surface area (TPSA) is 108 Å². The normalized spacial score (nSPS) is 14.0. The molecule has 3 aromatic rings. The minimum absolute atomic E-state index is 0.00798. The number of cyclic esters (lactones) is 1. The fraction of sp³-hybridized carbons (Fsp3) is 0. The Bertz CT molecular complexity index is 1380. The molecule has 0 aromatic heterocycles. The van der Waals surface area contributed by atoms with Gasteiger partial charge in [0, 0.05) is 32.2 Å². The fourth-order valence-corrected chi connectivity index (χ4v) is 4.54. The third-order valence-corrected chi connectivity index (χ3v) is 6.13. The first kappa shape index (κ1) is 24.0. The first-order valence-electron chi connectivity index (χ1n) is 9.45. The molecule has 3 aromatic carbocycles. The first-order chi connectivity index (χ1) is 16.2. The molecule has 0 unspecified atom stereocenters. The van der Waals surface area contributed by atoms with Gasteiger partial charge in [-0.25, -0.2) is 14.6 Å². The summed E-state index contributed by atoms with van der Waals surface area (Å²) in [7, 11) is 0. The van der Waals surface area contributed by atoms with Gasteiger partial charge in [-0.1, -0.05) is 31.9 Å². The largest absolute Gasteiger partial charge is 0.421 e. The van der Waals surface area contributed by atoms with Crippen LogP contribution in [-0.4, -0.2) is 22.8 Å². The molecule has 0 saturated heterocycles. The predicted octanol–water partition coefficient (Wildman–Crippen LogP) is 6.45. The molecule has 0 saturated carbocycles. The molecule has 11 heteroatoms. The number of halogens is 3. The summed E-state index contributed by atoms with van der Waals surface area (Å²) < 4.78 is 12.8. The summed E-state index contributed by atoms with van der Waals surface area (Å²) in [5.74, 6) is -1.10. The molecule has 34 heavy (non-hydrogen) atoms. The zero-order valence-corrected chi connectivity index (χ0v) is 21.6. The third kappa shape index (κ3) is 5.32. The molecule has 0 amide bonds. The van der Waals surface area contributed by atoms with E-state index in [4.69, 9.17) is 9.47 Å². The van der Waals surface area contributed by atoms with Gasteiger partial charge >= 0.3 is 11.9 Å². The number of ether oxygens (including phenoxy) is 2. The van der Waals surface area contributed by atoms with E-state index in [9.17, 15) is 19.7 Å². The van der Waals surface area contributed by atoms with Gasteiger partial charge < -0.3 is 9.47 Å². The maximum atomic E-state index is 12.7. The van der Waals surface area contributed by atoms with Crippen molar-refractivity contribution in [1.29, 1.82) is 0 Å². The molecule has 1 aliphatic rings. The third-order valence-electron chi connectivity index (χ3n) is 4.55. The van der Waals surface area contributed by atoms with Crippen LogP contribution >= 0.6 is 47.8 Å². The summed E-state index contributed by atoms with van der Waals surface area (Å²) in [6.07, 6.45) is 1.43. The van der Waals surface area contributed by atoms with Crippen molar-refractivity contribution >= 4 is 77.4 Å². The molecule has 0 aliphatic carbocycles. The number of nitrogens with zero attached hydrogens (tertiary/aromatic N) is 2. The van der Waals surface area contributed by atoms with Crippen molar-refractivity contribution in [1.82, 2.24) is 0 Å². The van der Waals surface area contributed by atoms with Crippen LogP contribution in [0.1, 0.15) is 21.5 Å². The molecule has 0 fully saturated rings. The average Bonchev–Trinajstić information content (AvgIpc) is 3.16. The van der Waals surface area contributed by atoms with Gasteiger partial charge in [0.2, 0.25) is 5.90 Å². The quantitative estimate of drug-likeness (QED) is 0.103. The van der Waals surface area contributed by atoms with E-state index in [0.29, 0.717) is 25.6 Å². The van der Waals surface area contributed by atoms with E-state index < -0.39 is 16.9 Å². The summed E-state index contributed by atoms with van der Waals surface area (Å²) in [5, 5.41) is 10.8. The lowest BCUT2D eigenvalue weighted by Crippen LogP contribution is -2.10. The number of carbonyl (C=O) groups is 2. The minimum Gasteiger partial charge on any atom is -0.421 e. The number of nitro benzene ring substituents is 1. The molecular weight excluding hydrogens is 640 g/mol. The lowest BCUT2D eigenvalue weighted by molar-refractivity contribution is -0.384. The lowest BCUT2D eigenvalue weighted by atomic mass is 10.1. The Balaban J connectivity index is 1.67. The number of benzene rings is 3. The van der Waals surface area contributed by atoms with Crippen molar-refractivity contribution in [2.24, 2.45) is 4.99 Å². The van der Waals surface area contributed by atoms with Crippen LogP contribution in [-0.2, 0) is 9.53 Å². The zero-order valence-electron chi connectivity index (χ0n) is 16.8. The highest BCUT2D eigenvalue weighted by Gasteiger charge is 2.26. The van der Waals surface area contributed by atoms with E-state index >= 15 is 0 Å². The number of nitro groups is 1. The number of aliphatic imine (C=N–C) groups is 1. The Morgan fingerprint density at radius 1 is 1.00 bits per heavy atom. The fourth-order valence-electron chi connectivity index (χ4n) is 2.94. The number of carbonyl (C=O) groups excluding carboxylic acids is 2. The summed E-state index contributed by atoms with van der Waals surface area (Å²) in [6.45, 7) is 0. The van der Waals surface area contributed by atoms with Crippen LogP contribution in [0.2, 0.25) is 0 Å². The highest BCUT2D eigenvalue weighted by Crippen LogP contribution is 2.36. The molecular formula is C23H11Br3N2O6. The van der Waals surface area contributed by atoms with Gasteiger partial charge in [0.25, 0.3) is 5.69 Å². The number of rotatable bonds is 5. The predicted molar refractivity (Wildman–Crippen MR) is 135 cm³/mol. The Hall–Kier alpha value is -3.15. The number of non-ortho nitro benzene ring substituents is 1. The first-order valence-corrected chi connectivity index (χ1v) is 11.8. The Morgan fingerprint density at radius 3 is 2.32 bits per heavy atom. The monoisotopic (exact) mass is 648 g/mol. The zero-order chi connectivity index (χ0) is 24.4. The van der Waals surface area contributed by atoms with Crippen LogP contribution in [0.5, 0.6) is 5.75 Å². The van der Waals surface area contributed by atoms with Gasteiger partial charge in [-0.3, -0.25) is 10.1 Å². The van der Waals surface area contributed by atoms with Crippen molar-refractivity contribution in [2.75, 3.05) is 0 Å². The van der Waals surface area contributed by atoms with Crippen LogP contribution in [0.15, 0.2) is 84.8 Å². The molecule has 0 atom stereocenters. The molecule has 0 spiro atoms. The van der Waals surface area contributed by atoms with E-state index in [2.05, 4.69) is 52.8 Å². The Morgan fingerprint density at radius 2 is 1.68 bits per heavy atom. The number of esters is 2. The average molecular weight is 651 g/mol. The molecule has 0 bridgehead atoms. The van der Waals surface area contributed by atoms with E-state index in [0.717, 1.165) is 4.47 Å². The van der Waals surface area contributed by atoms with Gasteiger partial charge in [-0.2, -0.15) is 0 Å². The second kappa shape index (κ2) is 10.00. The molecule has 1 aliphatic heterocycles. The molecule has 0 N–H and O–H groups in total. The molecule has 0 radical (unpaired) electrons. The summed E-state index contributed by atoms with van der Waals surface area (Å²) in [6, 6.07) is 15.5. The van der Waals surface area contributed by atoms with Crippen molar-refractivity contribution in [3.63, 3.8) is 0 Å². The van der Waals surface area contributed by atoms with E-state index in [1.54, 1.807) is 36.4 Å². The van der Waals surface area contributed by atoms with Crippen molar-refractivity contribution in [3.8, 4) is 5.75 Å². The SMILES string of the molecule is O=C1OC(c2ccc([N+](=O)[O-])cc2)=N/C1=C\c1cc(Br)cc(Br)c1OC(=O)c1ccc(Br)cc1. The summed E-state index contributed by atoms with van der Waals surface area (Å²) >= 11 is 10.1. The maximum Gasteiger partial charge on any atom is 0.363 e. The van der Waals surface area contributed by atoms with Gasteiger partial charge in [-0.05, 0) is 70.5 Å². The minimum atomic E-state index is -0.713. The number of hydrogen-bond donors (Lipinski definition) is 0. The summed E-state index contributed by atoms with van der Waals surface area (Å²) in [4.78, 5) is 39.6. The summed E-state index contributed by atoms with van der Waals surface area (Å²) in [5.41, 5.74) is 1.02. The highest BCUT2D eigenvalue weighted by atomic mass is 79.9. The van der Waals surface area contributed by atoms with Crippen molar-refractivity contribution in [2.45, 2.75) is 0 Å². The van der Waals surface area contributed by atoms with Crippen molar-refractivity contribution < 1.29 is 24.0 Å². The van der Waals surface area contributed by atoms with E-state index in [1.165, 1.54) is 30.3 Å². The van der Waals surface area contributed by atoms with Gasteiger partial charge in [0.05, 0.1) is 15.0 Å². The van der Waals surface area contributed by atoms with Gasteiger partial charge in [-0.15, -0.1) is 0 Å². The molecule has 170 valence electrons. The van der Waals surface area contributed by atoms with Crippen LogP contribution in [0, 0.1) is 10.1 Å². The molecule has 1 heterocycles. The standard InChI is InChI=1S/C23H11Br3N2O6/c24-15-5-1-13(2-6-15)22(29)33-20-14(9-16(25)11-18(20)26)10-19-23(30)34-21(27-19)12-3-7-17(8-4-12)28(31)32/h1-11H/b19-10-. The van der Waals surface area contributed by atoms with Crippen LogP contribution in [0.25, 0.3) is 6.08 Å². The smallest absolute Gasteiger partial charge is 0.363 e. The Labute approximate surface area is 217 Å². The highest BCUT2D eigenvalue weighted by molar-refractivity contribution is 9.11. The Kier molecular flexibility index (Phi) is 7.05. The van der Waals surface area contributed by atoms with E-state index in [1.807, 2.05) is 0 Å². The second-order valence-corrected chi connectivity index (χ2v) is 9.53. The van der Waals surface area contributed by atoms with E-state index in [-0.39, 0.29) is 23.0 Å². The molecule has 4 rings (SSSR count). The molecule has 8 nitrogen and oxygen atoms in total. The van der Waals surface area contributed by atoms with Crippen molar-refractivity contribution in [3.05, 3.63) is 107 Å². The van der Waals surface area contributed by atoms with Gasteiger partial charge in [0.15, 0.2) is 11.4 Å². The van der Waals surface area contributed by atoms with Gasteiger partial charge in [0.1, 0.15) is 0 Å².